The van der Waals surface area contributed by atoms with E-state index < -0.39 is 5.97 Å². The largest absolute Gasteiger partial charge is 0.484 e. The number of oxazole rings is 1. The zero-order valence-corrected chi connectivity index (χ0v) is 10.4. The van der Waals surface area contributed by atoms with Crippen molar-refractivity contribution in [3.63, 3.8) is 0 Å². The Morgan fingerprint density at radius 3 is 2.75 bits per heavy atom. The van der Waals surface area contributed by atoms with E-state index >= 15 is 0 Å². The highest BCUT2D eigenvalue weighted by molar-refractivity contribution is 5.91. The average Bonchev–Trinajstić information content (AvgIpc) is 2.88. The van der Waals surface area contributed by atoms with Crippen molar-refractivity contribution in [1.82, 2.24) is 4.98 Å². The van der Waals surface area contributed by atoms with Gasteiger partial charge in [0.1, 0.15) is 11.3 Å². The fraction of sp³-hybridized carbons (Fsp3) is 0.0667. The molecule has 20 heavy (non-hydrogen) atoms. The summed E-state index contributed by atoms with van der Waals surface area (Å²) in [5.41, 5.74) is 1.24. The van der Waals surface area contributed by atoms with E-state index in [1.54, 1.807) is 6.07 Å². The number of ether oxygens (including phenoxy) is 1. The van der Waals surface area contributed by atoms with Gasteiger partial charge in [-0.05, 0) is 30.3 Å². The molecule has 1 N–H and O–H groups in total. The van der Waals surface area contributed by atoms with Crippen LogP contribution in [0.4, 0.5) is 0 Å². The molecule has 1 heterocycles. The molecule has 0 unspecified atom stereocenters. The average molecular weight is 269 g/mol. The Morgan fingerprint density at radius 1 is 1.20 bits per heavy atom. The molecular weight excluding hydrogens is 258 g/mol. The molecule has 0 bridgehead atoms. The second-order valence-electron chi connectivity index (χ2n) is 4.20. The lowest BCUT2D eigenvalue weighted by atomic mass is 10.2. The van der Waals surface area contributed by atoms with E-state index in [0.717, 1.165) is 5.75 Å². The lowest BCUT2D eigenvalue weighted by Crippen LogP contribution is -1.95. The summed E-state index contributed by atoms with van der Waals surface area (Å²) in [4.78, 5) is 15.1. The maximum Gasteiger partial charge on any atom is 0.335 e. The van der Waals surface area contributed by atoms with Crippen molar-refractivity contribution in [3.05, 3.63) is 60.0 Å². The Kier molecular flexibility index (Phi) is 3.09. The first-order valence-corrected chi connectivity index (χ1v) is 6.03. The van der Waals surface area contributed by atoms with Gasteiger partial charge in [0.25, 0.3) is 0 Å². The quantitative estimate of drug-likeness (QED) is 0.787. The molecule has 0 aliphatic heterocycles. The van der Waals surface area contributed by atoms with Crippen molar-refractivity contribution in [2.45, 2.75) is 6.61 Å². The topological polar surface area (TPSA) is 72.6 Å². The van der Waals surface area contributed by atoms with Crippen LogP contribution in [0.15, 0.2) is 52.9 Å². The van der Waals surface area contributed by atoms with Crippen LogP contribution < -0.4 is 4.74 Å². The summed E-state index contributed by atoms with van der Waals surface area (Å²) >= 11 is 0. The van der Waals surface area contributed by atoms with Gasteiger partial charge in [-0.1, -0.05) is 18.2 Å². The molecule has 0 spiro atoms. The van der Waals surface area contributed by atoms with Crippen LogP contribution in [0.2, 0.25) is 0 Å². The summed E-state index contributed by atoms with van der Waals surface area (Å²) in [5.74, 6) is 0.143. The highest BCUT2D eigenvalue weighted by atomic mass is 16.5. The minimum Gasteiger partial charge on any atom is -0.484 e. The molecular formula is C15H11NO4. The number of hydrogen-bond acceptors (Lipinski definition) is 4. The minimum atomic E-state index is -0.989. The molecule has 0 radical (unpaired) electrons. The molecule has 0 saturated heterocycles. The van der Waals surface area contributed by atoms with Gasteiger partial charge in [0, 0.05) is 0 Å². The first kappa shape index (κ1) is 12.2. The van der Waals surface area contributed by atoms with Gasteiger partial charge in [-0.2, -0.15) is 0 Å². The molecule has 0 aliphatic rings. The summed E-state index contributed by atoms with van der Waals surface area (Å²) in [6, 6.07) is 13.9. The molecule has 0 aliphatic carbocycles. The van der Waals surface area contributed by atoms with Gasteiger partial charge in [-0.3, -0.25) is 0 Å². The Hall–Kier alpha value is -2.82. The lowest BCUT2D eigenvalue weighted by Gasteiger charge is -2.01. The summed E-state index contributed by atoms with van der Waals surface area (Å²) in [6.45, 7) is 0.196. The molecule has 5 heteroatoms. The van der Waals surface area contributed by atoms with E-state index in [0.29, 0.717) is 17.0 Å². The number of hydrogen-bond donors (Lipinski definition) is 1. The molecule has 3 rings (SSSR count). The normalized spacial score (nSPS) is 10.6. The third-order valence-electron chi connectivity index (χ3n) is 2.78. The zero-order valence-electron chi connectivity index (χ0n) is 10.4. The van der Waals surface area contributed by atoms with Crippen molar-refractivity contribution >= 4 is 17.1 Å². The number of carboxylic acids is 1. The van der Waals surface area contributed by atoms with Crippen LogP contribution >= 0.6 is 0 Å². The second kappa shape index (κ2) is 5.05. The van der Waals surface area contributed by atoms with E-state index in [9.17, 15) is 4.79 Å². The molecule has 0 fully saturated rings. The van der Waals surface area contributed by atoms with Crippen molar-refractivity contribution in [1.29, 1.82) is 0 Å². The molecule has 5 nitrogen and oxygen atoms in total. The highest BCUT2D eigenvalue weighted by Gasteiger charge is 2.10. The third kappa shape index (κ3) is 2.47. The molecule has 0 amide bonds. The number of carboxylic acid groups (broad SMARTS) is 1. The molecule has 2 aromatic carbocycles. The fourth-order valence-electron chi connectivity index (χ4n) is 1.83. The van der Waals surface area contributed by atoms with Crippen LogP contribution in [0, 0.1) is 0 Å². The minimum absolute atomic E-state index is 0.182. The Morgan fingerprint density at radius 2 is 2.00 bits per heavy atom. The van der Waals surface area contributed by atoms with Gasteiger partial charge in [-0.25, -0.2) is 9.78 Å². The van der Waals surface area contributed by atoms with Gasteiger partial charge in [0.2, 0.25) is 5.89 Å². The number of para-hydroxylation sites is 1. The predicted octanol–water partition coefficient (Wildman–Crippen LogP) is 3.11. The number of carbonyl (C=O) groups is 1. The Labute approximate surface area is 114 Å². The van der Waals surface area contributed by atoms with Crippen molar-refractivity contribution in [2.24, 2.45) is 0 Å². The standard InChI is InChI=1S/C15H11NO4/c17-15(18)10-6-7-13-12(8-10)16-14(20-13)9-19-11-4-2-1-3-5-11/h1-8H,9H2,(H,17,18). The third-order valence-corrected chi connectivity index (χ3v) is 2.78. The van der Waals surface area contributed by atoms with Gasteiger partial charge in [-0.15, -0.1) is 0 Å². The van der Waals surface area contributed by atoms with Crippen LogP contribution in [-0.2, 0) is 6.61 Å². The van der Waals surface area contributed by atoms with Crippen molar-refractivity contribution < 1.29 is 19.1 Å². The highest BCUT2D eigenvalue weighted by Crippen LogP contribution is 2.19. The summed E-state index contributed by atoms with van der Waals surface area (Å²) in [5, 5.41) is 8.92. The van der Waals surface area contributed by atoms with E-state index in [1.807, 2.05) is 30.3 Å². The lowest BCUT2D eigenvalue weighted by molar-refractivity contribution is 0.0697. The molecule has 0 atom stereocenters. The smallest absolute Gasteiger partial charge is 0.335 e. The first-order valence-electron chi connectivity index (χ1n) is 6.03. The van der Waals surface area contributed by atoms with Gasteiger partial charge >= 0.3 is 5.97 Å². The van der Waals surface area contributed by atoms with Crippen LogP contribution in [0.3, 0.4) is 0 Å². The van der Waals surface area contributed by atoms with E-state index in [1.165, 1.54) is 12.1 Å². The summed E-state index contributed by atoms with van der Waals surface area (Å²) in [6.07, 6.45) is 0. The van der Waals surface area contributed by atoms with Crippen LogP contribution in [-0.4, -0.2) is 16.1 Å². The second-order valence-corrected chi connectivity index (χ2v) is 4.20. The molecule has 1 aromatic heterocycles. The van der Waals surface area contributed by atoms with Gasteiger partial charge in [0.15, 0.2) is 12.2 Å². The van der Waals surface area contributed by atoms with Gasteiger partial charge < -0.3 is 14.3 Å². The van der Waals surface area contributed by atoms with E-state index in [2.05, 4.69) is 4.98 Å². The first-order chi connectivity index (χ1) is 9.72. The van der Waals surface area contributed by atoms with Crippen molar-refractivity contribution in [2.75, 3.05) is 0 Å². The summed E-state index contributed by atoms with van der Waals surface area (Å²) < 4.78 is 11.0. The van der Waals surface area contributed by atoms with E-state index in [4.69, 9.17) is 14.3 Å². The van der Waals surface area contributed by atoms with Crippen LogP contribution in [0.5, 0.6) is 5.75 Å². The maximum absolute atomic E-state index is 10.9. The number of benzene rings is 2. The zero-order chi connectivity index (χ0) is 13.9. The van der Waals surface area contributed by atoms with Gasteiger partial charge in [0.05, 0.1) is 5.56 Å². The SMILES string of the molecule is O=C(O)c1ccc2oc(COc3ccccc3)nc2c1. The number of nitrogens with zero attached hydrogens (tertiary/aromatic N) is 1. The Bertz CT molecular complexity index is 749. The fourth-order valence-corrected chi connectivity index (χ4v) is 1.83. The maximum atomic E-state index is 10.9. The van der Waals surface area contributed by atoms with Crippen LogP contribution in [0.1, 0.15) is 16.2 Å². The molecule has 0 saturated carbocycles. The van der Waals surface area contributed by atoms with Crippen LogP contribution in [0.25, 0.3) is 11.1 Å². The predicted molar refractivity (Wildman–Crippen MR) is 71.7 cm³/mol. The summed E-state index contributed by atoms with van der Waals surface area (Å²) in [7, 11) is 0. The number of rotatable bonds is 4. The number of aromatic nitrogens is 1. The number of fused-ring (bicyclic) bond motifs is 1. The molecule has 3 aromatic rings. The van der Waals surface area contributed by atoms with Crippen molar-refractivity contribution in [3.8, 4) is 5.75 Å². The number of aromatic carboxylic acids is 1. The van der Waals surface area contributed by atoms with E-state index in [-0.39, 0.29) is 12.2 Å². The Balaban J connectivity index is 1.80. The monoisotopic (exact) mass is 269 g/mol. The molecule has 100 valence electrons.